The predicted octanol–water partition coefficient (Wildman–Crippen LogP) is 4.26. The van der Waals surface area contributed by atoms with Gasteiger partial charge in [-0.3, -0.25) is 0 Å². The van der Waals surface area contributed by atoms with E-state index in [1.165, 1.54) is 54.8 Å². The molecule has 1 aromatic heterocycles. The molecule has 2 aliphatic rings. The molecule has 0 radical (unpaired) electrons. The van der Waals surface area contributed by atoms with Crippen LogP contribution in [-0.2, 0) is 6.42 Å². The van der Waals surface area contributed by atoms with E-state index >= 15 is 0 Å². The van der Waals surface area contributed by atoms with Crippen molar-refractivity contribution in [1.82, 2.24) is 5.32 Å². The highest BCUT2D eigenvalue weighted by Crippen LogP contribution is 2.38. The van der Waals surface area contributed by atoms with Crippen molar-refractivity contribution in [3.63, 3.8) is 0 Å². The Morgan fingerprint density at radius 3 is 3.12 bits per heavy atom. The minimum Gasteiger partial charge on any atom is -0.309 e. The molecule has 2 atom stereocenters. The highest BCUT2D eigenvalue weighted by atomic mass is 35.5. The average Bonchev–Trinajstić information content (AvgIpc) is 2.93. The lowest BCUT2D eigenvalue weighted by Crippen LogP contribution is -2.29. The Bertz CT molecular complexity index is 385. The molecule has 3 rings (SSSR count). The SMILES string of the molecule is Clc1cc2c(s1)CCCC2NCC1CCCS1. The fraction of sp³-hybridized carbons (Fsp3) is 0.692. The molecule has 1 aromatic rings. The Balaban J connectivity index is 1.63. The summed E-state index contributed by atoms with van der Waals surface area (Å²) in [7, 11) is 0. The minimum absolute atomic E-state index is 0.559. The maximum absolute atomic E-state index is 6.13. The molecule has 1 aliphatic carbocycles. The van der Waals surface area contributed by atoms with Gasteiger partial charge >= 0.3 is 0 Å². The number of thiophene rings is 1. The lowest BCUT2D eigenvalue weighted by molar-refractivity contribution is 0.461. The molecule has 0 aromatic carbocycles. The molecular weight excluding hydrogens is 270 g/mol. The number of hydrogen-bond donors (Lipinski definition) is 1. The van der Waals surface area contributed by atoms with E-state index in [2.05, 4.69) is 23.1 Å². The van der Waals surface area contributed by atoms with Gasteiger partial charge in [-0.05, 0) is 49.5 Å². The predicted molar refractivity (Wildman–Crippen MR) is 78.5 cm³/mol. The van der Waals surface area contributed by atoms with Gasteiger partial charge in [-0.25, -0.2) is 0 Å². The maximum Gasteiger partial charge on any atom is 0.0934 e. The molecule has 0 bridgehead atoms. The Labute approximate surface area is 116 Å². The molecule has 94 valence electrons. The Kier molecular flexibility index (Phi) is 4.00. The highest BCUT2D eigenvalue weighted by molar-refractivity contribution is 8.00. The van der Waals surface area contributed by atoms with E-state index in [4.69, 9.17) is 11.6 Å². The number of fused-ring (bicyclic) bond motifs is 1. The molecule has 2 heterocycles. The fourth-order valence-corrected chi connectivity index (χ4v) is 5.41. The largest absolute Gasteiger partial charge is 0.309 e. The molecule has 1 saturated heterocycles. The summed E-state index contributed by atoms with van der Waals surface area (Å²) in [5, 5.41) is 4.60. The van der Waals surface area contributed by atoms with Gasteiger partial charge in [0, 0.05) is 22.7 Å². The lowest BCUT2D eigenvalue weighted by atomic mass is 9.94. The second-order valence-corrected chi connectivity index (χ2v) is 8.09. The molecule has 1 fully saturated rings. The summed E-state index contributed by atoms with van der Waals surface area (Å²) in [5.74, 6) is 1.35. The van der Waals surface area contributed by atoms with E-state index in [0.29, 0.717) is 6.04 Å². The molecule has 0 spiro atoms. The van der Waals surface area contributed by atoms with Gasteiger partial charge in [0.2, 0.25) is 0 Å². The van der Waals surface area contributed by atoms with Crippen molar-refractivity contribution in [2.45, 2.75) is 43.4 Å². The Morgan fingerprint density at radius 1 is 1.35 bits per heavy atom. The minimum atomic E-state index is 0.559. The van der Waals surface area contributed by atoms with Gasteiger partial charge in [0.1, 0.15) is 0 Å². The number of hydrogen-bond acceptors (Lipinski definition) is 3. The van der Waals surface area contributed by atoms with Crippen LogP contribution >= 0.6 is 34.7 Å². The Morgan fingerprint density at radius 2 is 2.29 bits per heavy atom. The average molecular weight is 288 g/mol. The molecule has 1 N–H and O–H groups in total. The molecule has 17 heavy (non-hydrogen) atoms. The number of nitrogens with one attached hydrogen (secondary N) is 1. The van der Waals surface area contributed by atoms with E-state index in [0.717, 1.165) is 9.59 Å². The van der Waals surface area contributed by atoms with Crippen LogP contribution in [0.4, 0.5) is 0 Å². The van der Waals surface area contributed by atoms with E-state index in [1.807, 2.05) is 0 Å². The first-order chi connectivity index (χ1) is 8.33. The van der Waals surface area contributed by atoms with Crippen LogP contribution < -0.4 is 5.32 Å². The van der Waals surface area contributed by atoms with Crippen LogP contribution in [0.25, 0.3) is 0 Å². The maximum atomic E-state index is 6.13. The summed E-state index contributed by atoms with van der Waals surface area (Å²) in [6, 6.07) is 2.74. The number of rotatable bonds is 3. The second kappa shape index (κ2) is 5.52. The van der Waals surface area contributed by atoms with Crippen LogP contribution in [0.2, 0.25) is 4.34 Å². The van der Waals surface area contributed by atoms with Crippen molar-refractivity contribution >= 4 is 34.7 Å². The fourth-order valence-electron chi connectivity index (χ4n) is 2.81. The van der Waals surface area contributed by atoms with Gasteiger partial charge < -0.3 is 5.32 Å². The Hall–Kier alpha value is 0.300. The molecule has 0 saturated carbocycles. The van der Waals surface area contributed by atoms with Crippen LogP contribution in [0.1, 0.15) is 42.2 Å². The monoisotopic (exact) mass is 287 g/mol. The molecule has 2 unspecified atom stereocenters. The summed E-state index contributed by atoms with van der Waals surface area (Å²) >= 11 is 10.0. The van der Waals surface area contributed by atoms with Gasteiger partial charge in [0.15, 0.2) is 0 Å². The normalized spacial score (nSPS) is 28.3. The van der Waals surface area contributed by atoms with Gasteiger partial charge in [0.05, 0.1) is 4.34 Å². The first-order valence-electron chi connectivity index (χ1n) is 6.46. The van der Waals surface area contributed by atoms with Gasteiger partial charge in [-0.15, -0.1) is 11.3 Å². The summed E-state index contributed by atoms with van der Waals surface area (Å²) < 4.78 is 0.957. The third kappa shape index (κ3) is 2.83. The molecule has 1 aliphatic heterocycles. The van der Waals surface area contributed by atoms with Crippen molar-refractivity contribution in [3.05, 3.63) is 20.8 Å². The zero-order valence-corrected chi connectivity index (χ0v) is 12.3. The molecule has 4 heteroatoms. The van der Waals surface area contributed by atoms with Crippen LogP contribution in [0, 0.1) is 0 Å². The van der Waals surface area contributed by atoms with E-state index in [9.17, 15) is 0 Å². The quantitative estimate of drug-likeness (QED) is 0.891. The standard InChI is InChI=1S/C13H18ClNS2/c14-13-7-10-11(4-1-5-12(10)17-13)15-8-9-3-2-6-16-9/h7,9,11,15H,1-6,8H2. The van der Waals surface area contributed by atoms with E-state index in [-0.39, 0.29) is 0 Å². The molecule has 1 nitrogen and oxygen atoms in total. The van der Waals surface area contributed by atoms with Crippen molar-refractivity contribution < 1.29 is 0 Å². The summed E-state index contributed by atoms with van der Waals surface area (Å²) in [4.78, 5) is 1.51. The number of halogens is 1. The zero-order chi connectivity index (χ0) is 11.7. The van der Waals surface area contributed by atoms with Gasteiger partial charge in [-0.1, -0.05) is 11.6 Å². The lowest BCUT2D eigenvalue weighted by Gasteiger charge is -2.25. The third-order valence-electron chi connectivity index (χ3n) is 3.70. The van der Waals surface area contributed by atoms with E-state index < -0.39 is 0 Å². The smallest absolute Gasteiger partial charge is 0.0934 e. The van der Waals surface area contributed by atoms with Crippen molar-refractivity contribution in [3.8, 4) is 0 Å². The van der Waals surface area contributed by atoms with Crippen molar-refractivity contribution in [2.75, 3.05) is 12.3 Å². The topological polar surface area (TPSA) is 12.0 Å². The first-order valence-corrected chi connectivity index (χ1v) is 8.70. The third-order valence-corrected chi connectivity index (χ3v) is 6.44. The summed E-state index contributed by atoms with van der Waals surface area (Å²) in [5.41, 5.74) is 1.48. The highest BCUT2D eigenvalue weighted by Gasteiger charge is 2.24. The number of aryl methyl sites for hydroxylation is 1. The van der Waals surface area contributed by atoms with Crippen molar-refractivity contribution in [1.29, 1.82) is 0 Å². The van der Waals surface area contributed by atoms with Crippen LogP contribution in [0.3, 0.4) is 0 Å². The van der Waals surface area contributed by atoms with Crippen LogP contribution in [-0.4, -0.2) is 17.5 Å². The van der Waals surface area contributed by atoms with Crippen LogP contribution in [0.5, 0.6) is 0 Å². The molecular formula is C13H18ClNS2. The summed E-state index contributed by atoms with van der Waals surface area (Å²) in [6.45, 7) is 1.17. The zero-order valence-electron chi connectivity index (χ0n) is 9.88. The molecule has 0 amide bonds. The first kappa shape index (κ1) is 12.3. The van der Waals surface area contributed by atoms with E-state index in [1.54, 1.807) is 11.3 Å². The summed E-state index contributed by atoms with van der Waals surface area (Å²) in [6.07, 6.45) is 6.60. The van der Waals surface area contributed by atoms with Gasteiger partial charge in [-0.2, -0.15) is 11.8 Å². The van der Waals surface area contributed by atoms with Gasteiger partial charge in [0.25, 0.3) is 0 Å². The van der Waals surface area contributed by atoms with Crippen molar-refractivity contribution in [2.24, 2.45) is 0 Å². The van der Waals surface area contributed by atoms with Crippen LogP contribution in [0.15, 0.2) is 6.07 Å². The second-order valence-electron chi connectivity index (χ2n) is 4.92. The number of thioether (sulfide) groups is 1.